The maximum atomic E-state index is 12.3. The van der Waals surface area contributed by atoms with Crippen molar-refractivity contribution in [1.82, 2.24) is 10.2 Å². The molecule has 6 nitrogen and oxygen atoms in total. The van der Waals surface area contributed by atoms with E-state index >= 15 is 0 Å². The van der Waals surface area contributed by atoms with Gasteiger partial charge in [0.05, 0.1) is 17.5 Å². The highest BCUT2D eigenvalue weighted by Gasteiger charge is 2.17. The standard InChI is InChI=1S/C18H19Cl2N3O3/c1-12(15-8-7-14(19)9-16(15)20)21-18(24)11-22(2)10-13-5-3-4-6-17(13)23(25)26/h3-9,12H,10-11H2,1-2H3,(H,21,24). The molecule has 26 heavy (non-hydrogen) atoms. The van der Waals surface area contributed by atoms with E-state index in [-0.39, 0.29) is 24.2 Å². The number of nitro groups is 1. The second-order valence-electron chi connectivity index (χ2n) is 6.01. The molecular weight excluding hydrogens is 377 g/mol. The number of amides is 1. The SMILES string of the molecule is CC(NC(=O)CN(C)Cc1ccccc1[N+](=O)[O-])c1ccc(Cl)cc1Cl. The lowest BCUT2D eigenvalue weighted by Crippen LogP contribution is -2.36. The number of benzene rings is 2. The minimum Gasteiger partial charge on any atom is -0.348 e. The number of carbonyl (C=O) groups is 1. The second kappa shape index (κ2) is 8.98. The van der Waals surface area contributed by atoms with Crippen LogP contribution < -0.4 is 5.32 Å². The quantitative estimate of drug-likeness (QED) is 0.562. The number of carbonyl (C=O) groups excluding carboxylic acids is 1. The van der Waals surface area contributed by atoms with E-state index in [1.807, 2.05) is 6.92 Å². The summed E-state index contributed by atoms with van der Waals surface area (Å²) in [7, 11) is 1.73. The molecule has 1 unspecified atom stereocenters. The molecule has 0 fully saturated rings. The minimum absolute atomic E-state index is 0.0427. The number of para-hydroxylation sites is 1. The van der Waals surface area contributed by atoms with Crippen LogP contribution in [0.1, 0.15) is 24.1 Å². The Kier molecular flexibility index (Phi) is 6.97. The number of likely N-dealkylation sites (N-methyl/N-ethyl adjacent to an activating group) is 1. The van der Waals surface area contributed by atoms with Gasteiger partial charge in [0.2, 0.25) is 5.91 Å². The lowest BCUT2D eigenvalue weighted by molar-refractivity contribution is -0.385. The second-order valence-corrected chi connectivity index (χ2v) is 6.86. The van der Waals surface area contributed by atoms with Crippen molar-refractivity contribution < 1.29 is 9.72 Å². The number of nitrogens with zero attached hydrogens (tertiary/aromatic N) is 2. The van der Waals surface area contributed by atoms with Gasteiger partial charge in [0.25, 0.3) is 5.69 Å². The molecule has 2 aromatic rings. The summed E-state index contributed by atoms with van der Waals surface area (Å²) < 4.78 is 0. The minimum atomic E-state index is -0.423. The zero-order valence-corrected chi connectivity index (χ0v) is 15.9. The largest absolute Gasteiger partial charge is 0.348 e. The van der Waals surface area contributed by atoms with Gasteiger partial charge in [-0.25, -0.2) is 0 Å². The summed E-state index contributed by atoms with van der Waals surface area (Å²) >= 11 is 12.0. The monoisotopic (exact) mass is 395 g/mol. The molecule has 2 aromatic carbocycles. The van der Waals surface area contributed by atoms with Crippen LogP contribution in [0.4, 0.5) is 5.69 Å². The van der Waals surface area contributed by atoms with E-state index in [2.05, 4.69) is 5.32 Å². The Morgan fingerprint density at radius 2 is 1.96 bits per heavy atom. The fourth-order valence-electron chi connectivity index (χ4n) is 2.63. The van der Waals surface area contributed by atoms with Crippen LogP contribution in [-0.2, 0) is 11.3 Å². The van der Waals surface area contributed by atoms with E-state index < -0.39 is 4.92 Å². The van der Waals surface area contributed by atoms with Crippen LogP contribution in [0.2, 0.25) is 10.0 Å². The first kappa shape index (κ1) is 20.2. The molecule has 0 aliphatic rings. The van der Waals surface area contributed by atoms with Crippen LogP contribution in [0.15, 0.2) is 42.5 Å². The van der Waals surface area contributed by atoms with Gasteiger partial charge in [-0.1, -0.05) is 47.5 Å². The predicted octanol–water partition coefficient (Wildman–Crippen LogP) is 4.21. The normalized spacial score (nSPS) is 12.0. The summed E-state index contributed by atoms with van der Waals surface area (Å²) in [6.45, 7) is 2.22. The van der Waals surface area contributed by atoms with Crippen LogP contribution in [0.25, 0.3) is 0 Å². The highest BCUT2D eigenvalue weighted by Crippen LogP contribution is 2.26. The van der Waals surface area contributed by atoms with Crippen LogP contribution >= 0.6 is 23.2 Å². The van der Waals surface area contributed by atoms with Gasteiger partial charge in [-0.05, 0) is 31.7 Å². The first-order valence-electron chi connectivity index (χ1n) is 7.93. The van der Waals surface area contributed by atoms with Gasteiger partial charge in [0, 0.05) is 28.2 Å². The number of nitrogens with one attached hydrogen (secondary N) is 1. The molecule has 0 aromatic heterocycles. The molecule has 138 valence electrons. The van der Waals surface area contributed by atoms with Crippen molar-refractivity contribution in [2.24, 2.45) is 0 Å². The third-order valence-corrected chi connectivity index (χ3v) is 4.41. The van der Waals surface area contributed by atoms with E-state index in [1.165, 1.54) is 6.07 Å². The Balaban J connectivity index is 1.96. The average Bonchev–Trinajstić information content (AvgIpc) is 2.54. The van der Waals surface area contributed by atoms with Crippen molar-refractivity contribution in [1.29, 1.82) is 0 Å². The molecule has 0 heterocycles. The van der Waals surface area contributed by atoms with Gasteiger partial charge in [-0.3, -0.25) is 19.8 Å². The van der Waals surface area contributed by atoms with Crippen LogP contribution in [0, 0.1) is 10.1 Å². The van der Waals surface area contributed by atoms with Crippen molar-refractivity contribution in [3.05, 3.63) is 73.8 Å². The molecular formula is C18H19Cl2N3O3. The number of halogens is 2. The average molecular weight is 396 g/mol. The molecule has 0 aliphatic heterocycles. The van der Waals surface area contributed by atoms with Crippen molar-refractivity contribution in [3.8, 4) is 0 Å². The first-order chi connectivity index (χ1) is 12.3. The molecule has 0 aliphatic carbocycles. The van der Waals surface area contributed by atoms with Gasteiger partial charge < -0.3 is 5.32 Å². The Bertz CT molecular complexity index is 814. The van der Waals surface area contributed by atoms with E-state index in [4.69, 9.17) is 23.2 Å². The molecule has 1 N–H and O–H groups in total. The first-order valence-corrected chi connectivity index (χ1v) is 8.68. The molecule has 1 amide bonds. The molecule has 0 spiro atoms. The molecule has 0 saturated heterocycles. The highest BCUT2D eigenvalue weighted by atomic mass is 35.5. The Morgan fingerprint density at radius 1 is 1.27 bits per heavy atom. The Morgan fingerprint density at radius 3 is 2.62 bits per heavy atom. The zero-order chi connectivity index (χ0) is 19.3. The lowest BCUT2D eigenvalue weighted by Gasteiger charge is -2.20. The molecule has 0 radical (unpaired) electrons. The van der Waals surface area contributed by atoms with E-state index in [0.29, 0.717) is 22.2 Å². The number of rotatable bonds is 7. The number of hydrogen-bond donors (Lipinski definition) is 1. The van der Waals surface area contributed by atoms with Gasteiger partial charge in [0.1, 0.15) is 0 Å². The molecule has 2 rings (SSSR count). The summed E-state index contributed by atoms with van der Waals surface area (Å²) in [6.07, 6.45) is 0. The summed E-state index contributed by atoms with van der Waals surface area (Å²) in [6, 6.07) is 11.3. The number of hydrogen-bond acceptors (Lipinski definition) is 4. The van der Waals surface area contributed by atoms with Gasteiger partial charge >= 0.3 is 0 Å². The Labute approximate surface area is 161 Å². The van der Waals surface area contributed by atoms with E-state index in [0.717, 1.165) is 5.56 Å². The van der Waals surface area contributed by atoms with Crippen molar-refractivity contribution in [3.63, 3.8) is 0 Å². The maximum Gasteiger partial charge on any atom is 0.273 e. The van der Waals surface area contributed by atoms with Gasteiger partial charge in [-0.2, -0.15) is 0 Å². The predicted molar refractivity (Wildman–Crippen MR) is 102 cm³/mol. The van der Waals surface area contributed by atoms with Crippen LogP contribution in [0.3, 0.4) is 0 Å². The smallest absolute Gasteiger partial charge is 0.273 e. The van der Waals surface area contributed by atoms with Crippen LogP contribution in [0.5, 0.6) is 0 Å². The zero-order valence-electron chi connectivity index (χ0n) is 14.4. The van der Waals surface area contributed by atoms with E-state index in [1.54, 1.807) is 48.3 Å². The lowest BCUT2D eigenvalue weighted by atomic mass is 10.1. The van der Waals surface area contributed by atoms with Crippen molar-refractivity contribution in [2.45, 2.75) is 19.5 Å². The summed E-state index contributed by atoms with van der Waals surface area (Å²) in [5, 5.41) is 15.0. The highest BCUT2D eigenvalue weighted by molar-refractivity contribution is 6.35. The third-order valence-electron chi connectivity index (χ3n) is 3.85. The topological polar surface area (TPSA) is 75.5 Å². The number of nitro benzene ring substituents is 1. The summed E-state index contributed by atoms with van der Waals surface area (Å²) in [4.78, 5) is 24.6. The fourth-order valence-corrected chi connectivity index (χ4v) is 3.20. The summed E-state index contributed by atoms with van der Waals surface area (Å²) in [5.74, 6) is -0.204. The van der Waals surface area contributed by atoms with Crippen molar-refractivity contribution >= 4 is 34.8 Å². The fraction of sp³-hybridized carbons (Fsp3) is 0.278. The third kappa shape index (κ3) is 5.42. The van der Waals surface area contributed by atoms with Crippen LogP contribution in [-0.4, -0.2) is 29.3 Å². The van der Waals surface area contributed by atoms with E-state index in [9.17, 15) is 14.9 Å². The Hall–Kier alpha value is -2.15. The van der Waals surface area contributed by atoms with Crippen molar-refractivity contribution in [2.75, 3.05) is 13.6 Å². The summed E-state index contributed by atoms with van der Waals surface area (Å²) in [5.41, 5.74) is 1.37. The van der Waals surface area contributed by atoms with Gasteiger partial charge in [-0.15, -0.1) is 0 Å². The molecule has 8 heteroatoms. The maximum absolute atomic E-state index is 12.3. The molecule has 1 atom stereocenters. The van der Waals surface area contributed by atoms with Gasteiger partial charge in [0.15, 0.2) is 0 Å². The molecule has 0 bridgehead atoms. The molecule has 0 saturated carbocycles.